The number of nitrogens with zero attached hydrogens (tertiary/aromatic N) is 5. The minimum atomic E-state index is 0.468. The molecule has 6 heteroatoms. The predicted molar refractivity (Wildman–Crippen MR) is 107 cm³/mol. The third kappa shape index (κ3) is 4.58. The van der Waals surface area contributed by atoms with Gasteiger partial charge in [0, 0.05) is 51.7 Å². The smallest absolute Gasteiger partial charge is 0.193 e. The van der Waals surface area contributed by atoms with Crippen molar-refractivity contribution in [1.82, 2.24) is 24.7 Å². The molecule has 3 atom stereocenters. The van der Waals surface area contributed by atoms with Crippen LogP contribution in [0.25, 0.3) is 0 Å². The molecule has 146 valence electrons. The molecule has 0 bridgehead atoms. The second-order valence-electron chi connectivity index (χ2n) is 8.31. The van der Waals surface area contributed by atoms with Crippen molar-refractivity contribution in [1.29, 1.82) is 0 Å². The highest BCUT2D eigenvalue weighted by atomic mass is 15.3. The monoisotopic (exact) mass is 360 g/mol. The standard InChI is InChI=1S/C20H36N6/c1-16(2)24-9-5-6-18(13-24)12-23-20(21-4)25-10-7-17(3)19(14-25)26-11-8-22-15-26/h8,11,15-19H,5-7,9-10,12-14H2,1-4H3,(H,21,23). The Kier molecular flexibility index (Phi) is 6.57. The van der Waals surface area contributed by atoms with E-state index in [1.54, 1.807) is 0 Å². The van der Waals surface area contributed by atoms with E-state index < -0.39 is 0 Å². The summed E-state index contributed by atoms with van der Waals surface area (Å²) in [5.41, 5.74) is 0. The van der Waals surface area contributed by atoms with E-state index in [0.717, 1.165) is 31.5 Å². The lowest BCUT2D eigenvalue weighted by molar-refractivity contribution is 0.139. The van der Waals surface area contributed by atoms with Crippen molar-refractivity contribution in [2.75, 3.05) is 39.8 Å². The first-order valence-corrected chi connectivity index (χ1v) is 10.3. The molecule has 3 heterocycles. The molecule has 0 amide bonds. The van der Waals surface area contributed by atoms with Crippen molar-refractivity contribution >= 4 is 5.96 Å². The fraction of sp³-hybridized carbons (Fsp3) is 0.800. The topological polar surface area (TPSA) is 48.7 Å². The molecule has 0 radical (unpaired) electrons. The van der Waals surface area contributed by atoms with Crippen LogP contribution in [0.5, 0.6) is 0 Å². The molecule has 1 aromatic rings. The van der Waals surface area contributed by atoms with Gasteiger partial charge in [0.25, 0.3) is 0 Å². The molecular formula is C20H36N6. The minimum Gasteiger partial charge on any atom is -0.356 e. The Hall–Kier alpha value is -1.56. The maximum Gasteiger partial charge on any atom is 0.193 e. The molecule has 2 saturated heterocycles. The van der Waals surface area contributed by atoms with E-state index in [0.29, 0.717) is 18.0 Å². The van der Waals surface area contributed by atoms with E-state index in [2.05, 4.69) is 56.6 Å². The van der Waals surface area contributed by atoms with Gasteiger partial charge in [0.1, 0.15) is 0 Å². The minimum absolute atomic E-state index is 0.468. The molecule has 26 heavy (non-hydrogen) atoms. The summed E-state index contributed by atoms with van der Waals surface area (Å²) >= 11 is 0. The number of imidazole rings is 1. The Labute approximate surface area is 158 Å². The molecule has 1 aromatic heterocycles. The van der Waals surface area contributed by atoms with E-state index in [9.17, 15) is 0 Å². The van der Waals surface area contributed by atoms with Crippen LogP contribution in [0.1, 0.15) is 46.1 Å². The van der Waals surface area contributed by atoms with Gasteiger partial charge in [-0.3, -0.25) is 4.99 Å². The van der Waals surface area contributed by atoms with Crippen molar-refractivity contribution in [2.45, 2.75) is 52.1 Å². The van der Waals surface area contributed by atoms with Crippen molar-refractivity contribution in [2.24, 2.45) is 16.8 Å². The second kappa shape index (κ2) is 8.89. The van der Waals surface area contributed by atoms with Gasteiger partial charge in [-0.25, -0.2) is 4.98 Å². The SMILES string of the molecule is CN=C(NCC1CCCN(C(C)C)C1)N1CCC(C)C(n2ccnc2)C1. The molecule has 2 aliphatic rings. The van der Waals surface area contributed by atoms with Gasteiger partial charge in [0.15, 0.2) is 5.96 Å². The van der Waals surface area contributed by atoms with Crippen LogP contribution in [0.3, 0.4) is 0 Å². The summed E-state index contributed by atoms with van der Waals surface area (Å²) in [6.07, 6.45) is 9.73. The van der Waals surface area contributed by atoms with Gasteiger partial charge in [-0.15, -0.1) is 0 Å². The highest BCUT2D eigenvalue weighted by molar-refractivity contribution is 5.80. The van der Waals surface area contributed by atoms with E-state index in [1.807, 2.05) is 19.6 Å². The van der Waals surface area contributed by atoms with Crippen LogP contribution in [-0.2, 0) is 0 Å². The fourth-order valence-corrected chi connectivity index (χ4v) is 4.40. The zero-order valence-corrected chi connectivity index (χ0v) is 16.9. The third-order valence-electron chi connectivity index (χ3n) is 6.17. The average Bonchev–Trinajstić information content (AvgIpc) is 3.18. The molecule has 1 N–H and O–H groups in total. The molecule has 0 saturated carbocycles. The Balaban J connectivity index is 1.55. The quantitative estimate of drug-likeness (QED) is 0.662. The summed E-state index contributed by atoms with van der Waals surface area (Å²) in [7, 11) is 1.91. The normalized spacial score (nSPS) is 28.6. The number of guanidine groups is 1. The number of aromatic nitrogens is 2. The maximum absolute atomic E-state index is 4.58. The highest BCUT2D eigenvalue weighted by Gasteiger charge is 2.29. The van der Waals surface area contributed by atoms with Crippen molar-refractivity contribution in [3.63, 3.8) is 0 Å². The van der Waals surface area contributed by atoms with Gasteiger partial charge in [0.2, 0.25) is 0 Å². The lowest BCUT2D eigenvalue weighted by Crippen LogP contribution is -2.51. The average molecular weight is 361 g/mol. The van der Waals surface area contributed by atoms with Crippen LogP contribution in [0.2, 0.25) is 0 Å². The molecule has 0 spiro atoms. The Bertz CT molecular complexity index is 567. The number of hydrogen-bond acceptors (Lipinski definition) is 3. The number of piperidine rings is 2. The molecule has 3 unspecified atom stereocenters. The molecular weight excluding hydrogens is 324 g/mol. The van der Waals surface area contributed by atoms with Crippen LogP contribution in [-0.4, -0.2) is 71.1 Å². The van der Waals surface area contributed by atoms with Gasteiger partial charge in [-0.05, 0) is 51.5 Å². The van der Waals surface area contributed by atoms with Crippen LogP contribution in [0.4, 0.5) is 0 Å². The summed E-state index contributed by atoms with van der Waals surface area (Å²) in [4.78, 5) is 13.9. The van der Waals surface area contributed by atoms with Gasteiger partial charge >= 0.3 is 0 Å². The zero-order chi connectivity index (χ0) is 18.5. The largest absolute Gasteiger partial charge is 0.356 e. The van der Waals surface area contributed by atoms with Crippen molar-refractivity contribution in [3.8, 4) is 0 Å². The number of rotatable bonds is 4. The molecule has 3 rings (SSSR count). The Morgan fingerprint density at radius 3 is 2.81 bits per heavy atom. The van der Waals surface area contributed by atoms with Crippen LogP contribution in [0, 0.1) is 11.8 Å². The summed E-state index contributed by atoms with van der Waals surface area (Å²) in [5.74, 6) is 2.44. The van der Waals surface area contributed by atoms with E-state index >= 15 is 0 Å². The second-order valence-corrected chi connectivity index (χ2v) is 8.31. The zero-order valence-electron chi connectivity index (χ0n) is 16.9. The predicted octanol–water partition coefficient (Wildman–Crippen LogP) is 2.46. The van der Waals surface area contributed by atoms with Gasteiger partial charge in [0.05, 0.1) is 12.4 Å². The Morgan fingerprint density at radius 2 is 2.12 bits per heavy atom. The summed E-state index contributed by atoms with van der Waals surface area (Å²) < 4.78 is 2.26. The summed E-state index contributed by atoms with van der Waals surface area (Å²) in [5, 5.41) is 3.67. The van der Waals surface area contributed by atoms with E-state index in [1.165, 1.54) is 32.4 Å². The lowest BCUT2D eigenvalue weighted by atomic mass is 9.93. The first-order valence-electron chi connectivity index (χ1n) is 10.3. The van der Waals surface area contributed by atoms with Crippen LogP contribution in [0.15, 0.2) is 23.7 Å². The van der Waals surface area contributed by atoms with Crippen LogP contribution >= 0.6 is 0 Å². The van der Waals surface area contributed by atoms with Crippen molar-refractivity contribution in [3.05, 3.63) is 18.7 Å². The van der Waals surface area contributed by atoms with Crippen LogP contribution < -0.4 is 5.32 Å². The number of aliphatic imine (C=N–C) groups is 1. The summed E-state index contributed by atoms with van der Waals surface area (Å²) in [6.45, 7) is 12.5. The summed E-state index contributed by atoms with van der Waals surface area (Å²) in [6, 6.07) is 1.12. The lowest BCUT2D eigenvalue weighted by Gasteiger charge is -2.40. The first kappa shape index (κ1) is 19.2. The Morgan fingerprint density at radius 1 is 1.27 bits per heavy atom. The molecule has 2 fully saturated rings. The van der Waals surface area contributed by atoms with Gasteiger partial charge < -0.3 is 19.7 Å². The molecule has 2 aliphatic heterocycles. The van der Waals surface area contributed by atoms with E-state index in [-0.39, 0.29) is 0 Å². The van der Waals surface area contributed by atoms with Gasteiger partial charge in [-0.1, -0.05) is 6.92 Å². The molecule has 6 nitrogen and oxygen atoms in total. The fourth-order valence-electron chi connectivity index (χ4n) is 4.40. The number of nitrogens with one attached hydrogen (secondary N) is 1. The van der Waals surface area contributed by atoms with E-state index in [4.69, 9.17) is 0 Å². The van der Waals surface area contributed by atoms with Crippen molar-refractivity contribution < 1.29 is 0 Å². The number of likely N-dealkylation sites (tertiary alicyclic amines) is 2. The maximum atomic E-state index is 4.58. The first-order chi connectivity index (χ1) is 12.6. The number of hydrogen-bond donors (Lipinski definition) is 1. The van der Waals surface area contributed by atoms with Gasteiger partial charge in [-0.2, -0.15) is 0 Å². The highest BCUT2D eigenvalue weighted by Crippen LogP contribution is 2.27. The molecule has 0 aliphatic carbocycles. The third-order valence-corrected chi connectivity index (χ3v) is 6.17. The molecule has 0 aromatic carbocycles.